The summed E-state index contributed by atoms with van der Waals surface area (Å²) in [6.07, 6.45) is 0.232. The highest BCUT2D eigenvalue weighted by Crippen LogP contribution is 2.38. The molecule has 1 heterocycles. The molecule has 1 N–H and O–H groups in total. The van der Waals surface area contributed by atoms with E-state index < -0.39 is 0 Å². The molecule has 0 saturated carbocycles. The summed E-state index contributed by atoms with van der Waals surface area (Å²) in [4.78, 5) is 1.30. The van der Waals surface area contributed by atoms with Crippen molar-refractivity contribution >= 4 is 17.4 Å². The molecule has 0 bridgehead atoms. The largest absolute Gasteiger partial charge is 0.489 e. The van der Waals surface area contributed by atoms with Gasteiger partial charge in [-0.2, -0.15) is 0 Å². The SMILES string of the molecule is CC(C)Oc1cccc2c1NCCS2. The number of anilines is 1. The minimum Gasteiger partial charge on any atom is -0.489 e. The molecule has 0 unspecified atom stereocenters. The highest BCUT2D eigenvalue weighted by atomic mass is 32.2. The number of para-hydroxylation sites is 1. The lowest BCUT2D eigenvalue weighted by Crippen LogP contribution is -2.13. The van der Waals surface area contributed by atoms with Crippen molar-refractivity contribution in [1.82, 2.24) is 0 Å². The first kappa shape index (κ1) is 9.71. The fraction of sp³-hybridized carbons (Fsp3) is 0.455. The number of rotatable bonds is 2. The second kappa shape index (κ2) is 4.13. The Labute approximate surface area is 89.0 Å². The molecule has 2 nitrogen and oxygen atoms in total. The number of benzene rings is 1. The van der Waals surface area contributed by atoms with Gasteiger partial charge < -0.3 is 10.1 Å². The van der Waals surface area contributed by atoms with Crippen LogP contribution in [-0.2, 0) is 0 Å². The molecule has 0 aliphatic carbocycles. The molecule has 0 fully saturated rings. The minimum atomic E-state index is 0.232. The number of nitrogens with one attached hydrogen (secondary N) is 1. The maximum absolute atomic E-state index is 5.74. The van der Waals surface area contributed by atoms with Crippen LogP contribution in [-0.4, -0.2) is 18.4 Å². The minimum absolute atomic E-state index is 0.232. The van der Waals surface area contributed by atoms with Crippen LogP contribution in [0.1, 0.15) is 13.8 Å². The van der Waals surface area contributed by atoms with Crippen molar-refractivity contribution in [2.24, 2.45) is 0 Å². The quantitative estimate of drug-likeness (QED) is 0.809. The van der Waals surface area contributed by atoms with E-state index in [0.717, 1.165) is 23.7 Å². The zero-order valence-corrected chi connectivity index (χ0v) is 9.36. The van der Waals surface area contributed by atoms with Crippen LogP contribution in [0.3, 0.4) is 0 Å². The highest BCUT2D eigenvalue weighted by Gasteiger charge is 2.14. The van der Waals surface area contributed by atoms with Gasteiger partial charge in [0.15, 0.2) is 0 Å². The molecular formula is C11H15NOS. The summed E-state index contributed by atoms with van der Waals surface area (Å²) in [6.45, 7) is 5.13. The Kier molecular flexibility index (Phi) is 2.87. The van der Waals surface area contributed by atoms with Crippen LogP contribution in [0.15, 0.2) is 23.1 Å². The van der Waals surface area contributed by atoms with Crippen LogP contribution >= 0.6 is 11.8 Å². The van der Waals surface area contributed by atoms with Crippen molar-refractivity contribution < 1.29 is 4.74 Å². The van der Waals surface area contributed by atoms with Crippen LogP contribution in [0, 0.1) is 0 Å². The average molecular weight is 209 g/mol. The molecule has 1 aliphatic rings. The Morgan fingerprint density at radius 2 is 2.29 bits per heavy atom. The monoisotopic (exact) mass is 209 g/mol. The molecule has 0 saturated heterocycles. The van der Waals surface area contributed by atoms with E-state index in [2.05, 4.69) is 31.3 Å². The average Bonchev–Trinajstić information content (AvgIpc) is 2.18. The molecule has 1 aromatic carbocycles. The summed E-state index contributed by atoms with van der Waals surface area (Å²) in [5, 5.41) is 3.39. The van der Waals surface area contributed by atoms with Crippen molar-refractivity contribution in [1.29, 1.82) is 0 Å². The fourth-order valence-electron chi connectivity index (χ4n) is 1.49. The van der Waals surface area contributed by atoms with Gasteiger partial charge in [0.1, 0.15) is 5.75 Å². The molecule has 3 heteroatoms. The highest BCUT2D eigenvalue weighted by molar-refractivity contribution is 7.99. The zero-order chi connectivity index (χ0) is 9.97. The van der Waals surface area contributed by atoms with Crippen LogP contribution < -0.4 is 10.1 Å². The molecular weight excluding hydrogens is 194 g/mol. The molecule has 1 aromatic rings. The van der Waals surface area contributed by atoms with Crippen molar-refractivity contribution in [3.63, 3.8) is 0 Å². The van der Waals surface area contributed by atoms with Crippen LogP contribution in [0.4, 0.5) is 5.69 Å². The first-order valence-corrected chi connectivity index (χ1v) is 5.92. The molecule has 0 spiro atoms. The number of hydrogen-bond acceptors (Lipinski definition) is 3. The third-order valence-electron chi connectivity index (χ3n) is 2.01. The summed E-state index contributed by atoms with van der Waals surface area (Å²) in [6, 6.07) is 6.22. The Bertz CT molecular complexity index is 325. The standard InChI is InChI=1S/C11H15NOS/c1-8(2)13-9-4-3-5-10-11(9)12-6-7-14-10/h3-5,8,12H,6-7H2,1-2H3. The summed E-state index contributed by atoms with van der Waals surface area (Å²) >= 11 is 1.89. The van der Waals surface area contributed by atoms with Crippen LogP contribution in [0.25, 0.3) is 0 Å². The lowest BCUT2D eigenvalue weighted by molar-refractivity contribution is 0.243. The third-order valence-corrected chi connectivity index (χ3v) is 3.07. The summed E-state index contributed by atoms with van der Waals surface area (Å²) in [5.74, 6) is 2.11. The molecule has 0 radical (unpaired) electrons. The Morgan fingerprint density at radius 1 is 1.43 bits per heavy atom. The van der Waals surface area contributed by atoms with Gasteiger partial charge in [-0.05, 0) is 26.0 Å². The maximum atomic E-state index is 5.74. The molecule has 0 amide bonds. The third kappa shape index (κ3) is 1.98. The van der Waals surface area contributed by atoms with Gasteiger partial charge >= 0.3 is 0 Å². The number of thioether (sulfide) groups is 1. The molecule has 0 atom stereocenters. The van der Waals surface area contributed by atoms with Gasteiger partial charge in [0, 0.05) is 17.2 Å². The molecule has 14 heavy (non-hydrogen) atoms. The smallest absolute Gasteiger partial charge is 0.143 e. The van der Waals surface area contributed by atoms with Crippen LogP contribution in [0.2, 0.25) is 0 Å². The van der Waals surface area contributed by atoms with Crippen molar-refractivity contribution in [2.45, 2.75) is 24.8 Å². The number of hydrogen-bond donors (Lipinski definition) is 1. The second-order valence-corrected chi connectivity index (χ2v) is 4.71. The fourth-order valence-corrected chi connectivity index (χ4v) is 2.41. The molecule has 0 aromatic heterocycles. The second-order valence-electron chi connectivity index (χ2n) is 3.57. The van der Waals surface area contributed by atoms with Crippen LogP contribution in [0.5, 0.6) is 5.75 Å². The summed E-state index contributed by atoms with van der Waals surface area (Å²) in [7, 11) is 0. The van der Waals surface area contributed by atoms with E-state index in [1.54, 1.807) is 0 Å². The van der Waals surface area contributed by atoms with Crippen molar-refractivity contribution in [3.8, 4) is 5.75 Å². The Hall–Kier alpha value is -0.830. The van der Waals surface area contributed by atoms with E-state index >= 15 is 0 Å². The van der Waals surface area contributed by atoms with Crippen molar-refractivity contribution in [3.05, 3.63) is 18.2 Å². The van der Waals surface area contributed by atoms with E-state index in [0.29, 0.717) is 0 Å². The van der Waals surface area contributed by atoms with E-state index in [1.807, 2.05) is 17.8 Å². The Morgan fingerprint density at radius 3 is 3.07 bits per heavy atom. The van der Waals surface area contributed by atoms with E-state index in [9.17, 15) is 0 Å². The summed E-state index contributed by atoms with van der Waals surface area (Å²) < 4.78 is 5.74. The van der Waals surface area contributed by atoms with Crippen molar-refractivity contribution in [2.75, 3.05) is 17.6 Å². The first-order valence-electron chi connectivity index (χ1n) is 4.93. The number of ether oxygens (including phenoxy) is 1. The number of fused-ring (bicyclic) bond motifs is 1. The lowest BCUT2D eigenvalue weighted by atomic mass is 10.2. The van der Waals surface area contributed by atoms with Gasteiger partial charge in [-0.3, -0.25) is 0 Å². The predicted octanol–water partition coefficient (Wildman–Crippen LogP) is 2.99. The van der Waals surface area contributed by atoms with Gasteiger partial charge in [0.25, 0.3) is 0 Å². The molecule has 2 rings (SSSR count). The van der Waals surface area contributed by atoms with Gasteiger partial charge in [-0.1, -0.05) is 6.07 Å². The van der Waals surface area contributed by atoms with E-state index in [-0.39, 0.29) is 6.10 Å². The predicted molar refractivity (Wildman–Crippen MR) is 61.4 cm³/mol. The van der Waals surface area contributed by atoms with E-state index in [4.69, 9.17) is 4.74 Å². The maximum Gasteiger partial charge on any atom is 0.143 e. The van der Waals surface area contributed by atoms with Gasteiger partial charge in [-0.15, -0.1) is 11.8 Å². The van der Waals surface area contributed by atoms with Gasteiger partial charge in [0.2, 0.25) is 0 Å². The topological polar surface area (TPSA) is 21.3 Å². The summed E-state index contributed by atoms with van der Waals surface area (Å²) in [5.41, 5.74) is 1.16. The van der Waals surface area contributed by atoms with Gasteiger partial charge in [0.05, 0.1) is 11.8 Å². The lowest BCUT2D eigenvalue weighted by Gasteiger charge is -2.21. The van der Waals surface area contributed by atoms with Gasteiger partial charge in [-0.25, -0.2) is 0 Å². The molecule has 76 valence electrons. The zero-order valence-electron chi connectivity index (χ0n) is 8.54. The first-order chi connectivity index (χ1) is 6.77. The van der Waals surface area contributed by atoms with E-state index in [1.165, 1.54) is 4.90 Å². The molecule has 1 aliphatic heterocycles. The Balaban J connectivity index is 2.30. The normalized spacial score (nSPS) is 14.8.